The molecule has 2 aliphatic heterocycles. The molecule has 0 radical (unpaired) electrons. The lowest BCUT2D eigenvalue weighted by Gasteiger charge is -2.43. The van der Waals surface area contributed by atoms with E-state index in [9.17, 15) is 59.1 Å². The minimum Gasteiger partial charge on any atom is -0.462 e. The Labute approximate surface area is 536 Å². The Kier molecular flexibility index (Phi) is 48.9. The van der Waals surface area contributed by atoms with Gasteiger partial charge in [0.2, 0.25) is 5.91 Å². The van der Waals surface area contributed by atoms with Gasteiger partial charge in [0.1, 0.15) is 36.2 Å². The number of ether oxygens (including phenoxy) is 6. The zero-order valence-electron chi connectivity index (χ0n) is 55.6. The van der Waals surface area contributed by atoms with Crippen molar-refractivity contribution in [3.63, 3.8) is 0 Å². The number of phosphoric acid groups is 1. The summed E-state index contributed by atoms with van der Waals surface area (Å²) < 4.78 is 52.2. The van der Waals surface area contributed by atoms with Crippen LogP contribution in [0.5, 0.6) is 0 Å². The van der Waals surface area contributed by atoms with E-state index in [2.05, 4.69) is 33.0 Å². The Morgan fingerprint density at radius 1 is 0.539 bits per heavy atom. The number of carbonyl (C=O) groups excluding carboxylic acids is 4. The number of esters is 3. The zero-order chi connectivity index (χ0) is 65.3. The largest absolute Gasteiger partial charge is 0.470 e. The molecule has 1 fully saturated rings. The second-order valence-electron chi connectivity index (χ2n) is 25.4. The first-order chi connectivity index (χ1) is 42.9. The Hall–Kier alpha value is -2.59. The molecule has 8 N–H and O–H groups in total. The maximum absolute atomic E-state index is 13.9. The van der Waals surface area contributed by atoms with E-state index in [1.807, 2.05) is 0 Å². The minimum absolute atomic E-state index is 0.180. The van der Waals surface area contributed by atoms with E-state index in [4.69, 9.17) is 32.9 Å². The van der Waals surface area contributed by atoms with Crippen molar-refractivity contribution in [2.24, 2.45) is 0 Å². The Balaban J connectivity index is 2.25. The monoisotopic (exact) mass is 1290 g/mol. The van der Waals surface area contributed by atoms with Gasteiger partial charge in [0.05, 0.1) is 44.7 Å². The molecule has 2 aliphatic rings. The molecule has 0 aliphatic carbocycles. The average molecular weight is 1290 g/mol. The van der Waals surface area contributed by atoms with Gasteiger partial charge in [0.25, 0.3) is 0 Å². The van der Waals surface area contributed by atoms with Gasteiger partial charge >= 0.3 is 25.7 Å². The fourth-order valence-electron chi connectivity index (χ4n) is 11.7. The molecule has 0 aromatic carbocycles. The smallest absolute Gasteiger partial charge is 0.462 e. The first kappa shape index (κ1) is 82.5. The molecule has 0 bridgehead atoms. The predicted octanol–water partition coefficient (Wildman–Crippen LogP) is 13.4. The van der Waals surface area contributed by atoms with Crippen LogP contribution >= 0.6 is 7.82 Å². The van der Waals surface area contributed by atoms with Gasteiger partial charge in [-0.1, -0.05) is 259 Å². The van der Waals surface area contributed by atoms with Crippen molar-refractivity contribution in [3.8, 4) is 0 Å². The molecule has 1 amide bonds. The zero-order valence-corrected chi connectivity index (χ0v) is 56.5. The highest BCUT2D eigenvalue weighted by Gasteiger charge is 2.49. The number of nitrogens with one attached hydrogen (secondary N) is 1. The lowest BCUT2D eigenvalue weighted by molar-refractivity contribution is -0.274. The molecule has 4 unspecified atom stereocenters. The molecule has 522 valence electrons. The summed E-state index contributed by atoms with van der Waals surface area (Å²) in [5, 5.41) is 58.0. The quantitative estimate of drug-likeness (QED) is 0.0121. The molecule has 2 rings (SSSR count). The number of amides is 1. The number of aliphatic hydroxyl groups excluding tert-OH is 5. The predicted molar refractivity (Wildman–Crippen MR) is 344 cm³/mol. The maximum atomic E-state index is 13.9. The van der Waals surface area contributed by atoms with Crippen molar-refractivity contribution in [1.82, 2.24) is 5.32 Å². The fraction of sp³-hybridized carbons (Fsp3) is 0.912. The Morgan fingerprint density at radius 2 is 0.966 bits per heavy atom. The van der Waals surface area contributed by atoms with E-state index < -0.39 is 131 Å². The van der Waals surface area contributed by atoms with E-state index in [1.54, 1.807) is 0 Å². The number of aliphatic hydroxyl groups is 5. The van der Waals surface area contributed by atoms with Crippen molar-refractivity contribution >= 4 is 31.6 Å². The van der Waals surface area contributed by atoms with Gasteiger partial charge in [-0.2, -0.15) is 0 Å². The highest BCUT2D eigenvalue weighted by Crippen LogP contribution is 2.42. The Morgan fingerprint density at radius 3 is 1.42 bits per heavy atom. The number of unbranched alkanes of at least 4 members (excludes halogenated alkanes) is 34. The van der Waals surface area contributed by atoms with Crippen LogP contribution in [0.25, 0.3) is 0 Å². The van der Waals surface area contributed by atoms with E-state index in [-0.39, 0.29) is 12.8 Å². The van der Waals surface area contributed by atoms with Crippen LogP contribution in [0.1, 0.15) is 317 Å². The summed E-state index contributed by atoms with van der Waals surface area (Å²) in [6, 6.07) is -1.54. The summed E-state index contributed by atoms with van der Waals surface area (Å²) in [6.45, 7) is 7.18. The molecule has 21 heteroatoms. The molecular weight excluding hydrogens is 1170 g/mol. The van der Waals surface area contributed by atoms with Gasteiger partial charge in [-0.15, -0.1) is 0 Å². The summed E-state index contributed by atoms with van der Waals surface area (Å²) in [4.78, 5) is 74.0. The van der Waals surface area contributed by atoms with Crippen LogP contribution in [0, 0.1) is 0 Å². The van der Waals surface area contributed by atoms with Crippen LogP contribution in [0.2, 0.25) is 0 Å². The third-order valence-electron chi connectivity index (χ3n) is 17.0. The standard InChI is InChI=1S/C68H126NO19P/c1-5-9-13-17-21-25-26-30-34-38-42-46-60(74)83-55(45-41-37-33-29-24-20-16-12-8-4)49-62(76)84-56-50-63(85-57(51-70)66(56)88-89(79,80)81)82-52-58-65(77)67(87-61(75)48-54(72)44-40-36-32-28-23-19-15-11-7-3)64(68(78)86-58)69-59(73)47-53(71)43-39-35-31-27-22-18-14-10-6-2/h50,53-55,57-58,63-68,70-72,77-78H,5-49,51-52H2,1-4H3,(H,69,73)(H2,79,80,81)/t53-,54-,55-,57?,58?,63-,64?,65-,66+,67?,68-/m1/s1. The third-order valence-corrected chi connectivity index (χ3v) is 17.5. The van der Waals surface area contributed by atoms with Gasteiger partial charge in [0.15, 0.2) is 24.8 Å². The maximum Gasteiger partial charge on any atom is 0.470 e. The molecule has 11 atom stereocenters. The van der Waals surface area contributed by atoms with Crippen LogP contribution in [-0.4, -0.2) is 140 Å². The second kappa shape index (κ2) is 52.7. The van der Waals surface area contributed by atoms with Crippen molar-refractivity contribution in [2.45, 2.75) is 384 Å². The van der Waals surface area contributed by atoms with Crippen molar-refractivity contribution < 1.29 is 92.0 Å². The topological polar surface area (TPSA) is 304 Å². The molecule has 1 saturated heterocycles. The molecular formula is C68H126NO19P. The van der Waals surface area contributed by atoms with Gasteiger partial charge in [-0.25, -0.2) is 4.57 Å². The van der Waals surface area contributed by atoms with E-state index in [0.717, 1.165) is 109 Å². The number of rotatable bonds is 58. The van der Waals surface area contributed by atoms with Crippen LogP contribution < -0.4 is 5.32 Å². The molecule has 0 saturated carbocycles. The normalized spacial score (nSPS) is 21.4. The van der Waals surface area contributed by atoms with Crippen LogP contribution in [0.3, 0.4) is 0 Å². The summed E-state index contributed by atoms with van der Waals surface area (Å²) in [5.41, 5.74) is 0. The number of phosphoric ester groups is 1. The first-order valence-electron chi connectivity index (χ1n) is 35.5. The van der Waals surface area contributed by atoms with Crippen LogP contribution in [-0.2, 0) is 56.7 Å². The second-order valence-corrected chi connectivity index (χ2v) is 26.6. The number of carbonyl (C=O) groups is 4. The fourth-order valence-corrected chi connectivity index (χ4v) is 12.2. The number of hydrogen-bond donors (Lipinski definition) is 8. The van der Waals surface area contributed by atoms with Crippen molar-refractivity contribution in [3.05, 3.63) is 11.8 Å². The first-order valence-corrected chi connectivity index (χ1v) is 37.1. The minimum atomic E-state index is -5.34. The van der Waals surface area contributed by atoms with Gasteiger partial charge < -0.3 is 69.1 Å². The summed E-state index contributed by atoms with van der Waals surface area (Å²) in [5.74, 6) is -3.50. The van der Waals surface area contributed by atoms with E-state index >= 15 is 0 Å². The van der Waals surface area contributed by atoms with Gasteiger partial charge in [0, 0.05) is 12.5 Å². The van der Waals surface area contributed by atoms with E-state index in [0.29, 0.717) is 44.9 Å². The molecule has 0 spiro atoms. The third kappa shape index (κ3) is 41.7. The number of hydrogen-bond acceptors (Lipinski definition) is 17. The highest BCUT2D eigenvalue weighted by molar-refractivity contribution is 7.46. The van der Waals surface area contributed by atoms with Crippen molar-refractivity contribution in [1.29, 1.82) is 0 Å². The molecule has 89 heavy (non-hydrogen) atoms. The molecule has 20 nitrogen and oxygen atoms in total. The summed E-state index contributed by atoms with van der Waals surface area (Å²) >= 11 is 0. The van der Waals surface area contributed by atoms with Crippen LogP contribution in [0.4, 0.5) is 0 Å². The van der Waals surface area contributed by atoms with Crippen molar-refractivity contribution in [2.75, 3.05) is 13.2 Å². The molecule has 2 heterocycles. The SMILES string of the molecule is CCCCCCCCCCCCCC(=O)O[C@H](CCCCCCCCCCC)CC(=O)OC1=C[C@H](OCC2O[C@@H](O)C(NC(=O)C[C@H](O)CCCCCCCCCCC)C(OC(=O)C[C@H](O)CCCCCCCCCCC)[C@@H]2O)OC(CO)[C@H]1OP(=O)(O)O. The summed E-state index contributed by atoms with van der Waals surface area (Å²) in [7, 11) is -5.34. The van der Waals surface area contributed by atoms with Gasteiger partial charge in [-0.05, 0) is 32.1 Å². The average Bonchev–Trinajstić information content (AvgIpc) is 1.53. The highest BCUT2D eigenvalue weighted by atomic mass is 31.2. The lowest BCUT2D eigenvalue weighted by Crippen LogP contribution is -2.65. The molecule has 0 aromatic rings. The van der Waals surface area contributed by atoms with Gasteiger partial charge in [-0.3, -0.25) is 23.7 Å². The summed E-state index contributed by atoms with van der Waals surface area (Å²) in [6.07, 6.45) is 27.3. The Bertz CT molecular complexity index is 1870. The lowest BCUT2D eigenvalue weighted by atomic mass is 9.96. The molecule has 0 aromatic heterocycles. The van der Waals surface area contributed by atoms with Crippen LogP contribution in [0.15, 0.2) is 11.8 Å². The van der Waals surface area contributed by atoms with E-state index in [1.165, 1.54) is 116 Å².